The second-order valence-electron chi connectivity index (χ2n) is 7.52. The first kappa shape index (κ1) is 15.3. The number of hydrogen-bond donors (Lipinski definition) is 1. The van der Waals surface area contributed by atoms with E-state index in [2.05, 4.69) is 30.7 Å². The number of rotatable bonds is 3. The van der Waals surface area contributed by atoms with Gasteiger partial charge < -0.3 is 5.11 Å². The van der Waals surface area contributed by atoms with Gasteiger partial charge in [0.15, 0.2) is 0 Å². The third-order valence-corrected chi connectivity index (χ3v) is 5.45. The number of hydrogen-bond acceptors (Lipinski definition) is 3. The van der Waals surface area contributed by atoms with Crippen LogP contribution in [0.4, 0.5) is 0 Å². The highest BCUT2D eigenvalue weighted by atomic mass is 16.3. The second-order valence-corrected chi connectivity index (χ2v) is 7.52. The van der Waals surface area contributed by atoms with Gasteiger partial charge in [0.05, 0.1) is 0 Å². The van der Waals surface area contributed by atoms with Crippen molar-refractivity contribution in [3.05, 3.63) is 0 Å². The molecule has 0 bridgehead atoms. The highest BCUT2D eigenvalue weighted by Gasteiger charge is 2.37. The zero-order valence-corrected chi connectivity index (χ0v) is 13.1. The van der Waals surface area contributed by atoms with Gasteiger partial charge in [-0.1, -0.05) is 25.7 Å². The fraction of sp³-hybridized carbons (Fsp3) is 1.00. The lowest BCUT2D eigenvalue weighted by Crippen LogP contribution is -2.59. The minimum Gasteiger partial charge on any atom is -0.396 e. The Morgan fingerprint density at radius 2 is 1.63 bits per heavy atom. The summed E-state index contributed by atoms with van der Waals surface area (Å²) in [6.07, 6.45) is 7.76. The highest BCUT2D eigenvalue weighted by Crippen LogP contribution is 2.36. The van der Waals surface area contributed by atoms with Gasteiger partial charge in [-0.25, -0.2) is 0 Å². The Morgan fingerprint density at radius 3 is 2.16 bits per heavy atom. The minimum absolute atomic E-state index is 0.183. The maximum Gasteiger partial charge on any atom is 0.0499 e. The van der Waals surface area contributed by atoms with Crippen LogP contribution in [0.5, 0.6) is 0 Å². The van der Waals surface area contributed by atoms with Crippen molar-refractivity contribution >= 4 is 0 Å². The molecule has 1 aliphatic carbocycles. The molecule has 0 aromatic carbocycles. The molecule has 0 spiro atoms. The van der Waals surface area contributed by atoms with Crippen molar-refractivity contribution < 1.29 is 5.11 Å². The van der Waals surface area contributed by atoms with Gasteiger partial charge in [0, 0.05) is 43.7 Å². The van der Waals surface area contributed by atoms with Gasteiger partial charge in [-0.15, -0.1) is 0 Å². The molecule has 1 N–H and O–H groups in total. The summed E-state index contributed by atoms with van der Waals surface area (Å²) in [5.74, 6) is 0. The van der Waals surface area contributed by atoms with Gasteiger partial charge in [-0.3, -0.25) is 9.80 Å². The van der Waals surface area contributed by atoms with Gasteiger partial charge >= 0.3 is 0 Å². The van der Waals surface area contributed by atoms with E-state index in [1.165, 1.54) is 38.5 Å². The van der Waals surface area contributed by atoms with Crippen LogP contribution in [0, 0.1) is 5.41 Å². The molecular weight excluding hydrogens is 236 g/mol. The molecule has 2 rings (SSSR count). The number of aliphatic hydroxyl groups is 1. The summed E-state index contributed by atoms with van der Waals surface area (Å²) in [5, 5.41) is 9.94. The van der Waals surface area contributed by atoms with Crippen molar-refractivity contribution in [2.45, 2.75) is 57.9 Å². The molecule has 112 valence electrons. The molecule has 0 radical (unpaired) electrons. The first-order valence-electron chi connectivity index (χ1n) is 8.02. The van der Waals surface area contributed by atoms with E-state index in [1.54, 1.807) is 0 Å². The molecule has 0 atom stereocenters. The summed E-state index contributed by atoms with van der Waals surface area (Å²) in [5.41, 5.74) is 0.447. The van der Waals surface area contributed by atoms with E-state index in [4.69, 9.17) is 0 Å². The van der Waals surface area contributed by atoms with Gasteiger partial charge in [0.25, 0.3) is 0 Å². The van der Waals surface area contributed by atoms with E-state index in [1.807, 2.05) is 0 Å². The third kappa shape index (κ3) is 3.71. The van der Waals surface area contributed by atoms with Crippen LogP contribution in [0.3, 0.4) is 0 Å². The predicted octanol–water partition coefficient (Wildman–Crippen LogP) is 2.35. The normalized spacial score (nSPS) is 29.1. The molecule has 0 aromatic heterocycles. The van der Waals surface area contributed by atoms with Crippen LogP contribution in [-0.2, 0) is 0 Å². The summed E-state index contributed by atoms with van der Waals surface area (Å²) in [6.45, 7) is 9.57. The van der Waals surface area contributed by atoms with Crippen LogP contribution in [0.2, 0.25) is 0 Å². The topological polar surface area (TPSA) is 26.7 Å². The first-order chi connectivity index (χ1) is 8.97. The lowest BCUT2D eigenvalue weighted by atomic mass is 9.80. The van der Waals surface area contributed by atoms with Crippen LogP contribution < -0.4 is 0 Å². The van der Waals surface area contributed by atoms with E-state index in [0.717, 1.165) is 26.2 Å². The van der Waals surface area contributed by atoms with Gasteiger partial charge in [-0.05, 0) is 33.7 Å². The Morgan fingerprint density at radius 1 is 1.00 bits per heavy atom. The summed E-state index contributed by atoms with van der Waals surface area (Å²) in [6, 6.07) is 0. The monoisotopic (exact) mass is 268 g/mol. The second kappa shape index (κ2) is 6.11. The smallest absolute Gasteiger partial charge is 0.0499 e. The van der Waals surface area contributed by atoms with Crippen molar-refractivity contribution in [2.75, 3.05) is 39.8 Å². The standard InChI is InChI=1S/C16H32N2O/c1-15(2)12-18(11-10-17(15)3)13-16(14-19)8-6-4-5-7-9-16/h19H,4-14H2,1-3H3. The number of piperazine rings is 1. The molecular formula is C16H32N2O. The largest absolute Gasteiger partial charge is 0.396 e. The number of nitrogens with zero attached hydrogens (tertiary/aromatic N) is 2. The summed E-state index contributed by atoms with van der Waals surface area (Å²) >= 11 is 0. The third-order valence-electron chi connectivity index (χ3n) is 5.45. The Balaban J connectivity index is 1.98. The molecule has 3 heteroatoms. The Kier molecular flexibility index (Phi) is 4.91. The number of aliphatic hydroxyl groups excluding tert-OH is 1. The van der Waals surface area contributed by atoms with Gasteiger partial charge in [0.1, 0.15) is 0 Å². The van der Waals surface area contributed by atoms with Crippen molar-refractivity contribution in [1.29, 1.82) is 0 Å². The van der Waals surface area contributed by atoms with Crippen molar-refractivity contribution in [2.24, 2.45) is 5.41 Å². The SMILES string of the molecule is CN1CCN(CC2(CO)CCCCCC2)CC1(C)C. The lowest BCUT2D eigenvalue weighted by Gasteiger charge is -2.48. The molecule has 1 heterocycles. The highest BCUT2D eigenvalue weighted by molar-refractivity contribution is 4.92. The summed E-state index contributed by atoms with van der Waals surface area (Å²) < 4.78 is 0. The maximum absolute atomic E-state index is 9.94. The minimum atomic E-state index is 0.183. The summed E-state index contributed by atoms with van der Waals surface area (Å²) in [4.78, 5) is 5.06. The molecule has 2 aliphatic rings. The molecule has 2 fully saturated rings. The average Bonchev–Trinajstić information content (AvgIpc) is 2.60. The van der Waals surface area contributed by atoms with Crippen LogP contribution in [0.15, 0.2) is 0 Å². The molecule has 1 saturated heterocycles. The van der Waals surface area contributed by atoms with Gasteiger partial charge in [-0.2, -0.15) is 0 Å². The van der Waals surface area contributed by atoms with E-state index in [9.17, 15) is 5.11 Å². The van der Waals surface area contributed by atoms with Crippen LogP contribution in [-0.4, -0.2) is 60.3 Å². The fourth-order valence-electron chi connectivity index (χ4n) is 3.80. The van der Waals surface area contributed by atoms with E-state index >= 15 is 0 Å². The Labute approximate surface area is 119 Å². The van der Waals surface area contributed by atoms with E-state index < -0.39 is 0 Å². The zero-order chi connectivity index (χ0) is 13.9. The van der Waals surface area contributed by atoms with E-state index in [-0.39, 0.29) is 11.0 Å². The van der Waals surface area contributed by atoms with Crippen LogP contribution >= 0.6 is 0 Å². The molecule has 0 amide bonds. The van der Waals surface area contributed by atoms with Crippen molar-refractivity contribution in [1.82, 2.24) is 9.80 Å². The van der Waals surface area contributed by atoms with Crippen LogP contribution in [0.25, 0.3) is 0 Å². The fourth-order valence-corrected chi connectivity index (χ4v) is 3.80. The van der Waals surface area contributed by atoms with Crippen molar-refractivity contribution in [3.8, 4) is 0 Å². The van der Waals surface area contributed by atoms with Gasteiger partial charge in [0.2, 0.25) is 0 Å². The molecule has 1 saturated carbocycles. The number of likely N-dealkylation sites (N-methyl/N-ethyl adjacent to an activating group) is 1. The molecule has 0 unspecified atom stereocenters. The summed E-state index contributed by atoms with van der Waals surface area (Å²) in [7, 11) is 2.23. The predicted molar refractivity (Wildman–Crippen MR) is 80.4 cm³/mol. The Hall–Kier alpha value is -0.120. The van der Waals surface area contributed by atoms with Crippen LogP contribution in [0.1, 0.15) is 52.4 Å². The zero-order valence-electron chi connectivity index (χ0n) is 13.1. The Bertz CT molecular complexity index is 282. The average molecular weight is 268 g/mol. The maximum atomic E-state index is 9.94. The quantitative estimate of drug-likeness (QED) is 0.796. The molecule has 1 aliphatic heterocycles. The lowest BCUT2D eigenvalue weighted by molar-refractivity contribution is -0.00495. The van der Waals surface area contributed by atoms with E-state index in [0.29, 0.717) is 6.61 Å². The first-order valence-corrected chi connectivity index (χ1v) is 8.02. The molecule has 0 aromatic rings. The molecule has 3 nitrogen and oxygen atoms in total. The van der Waals surface area contributed by atoms with Crippen molar-refractivity contribution in [3.63, 3.8) is 0 Å². The molecule has 19 heavy (non-hydrogen) atoms.